The van der Waals surface area contributed by atoms with Crippen LogP contribution in [0.2, 0.25) is 0 Å². The minimum atomic E-state index is -0.156. The lowest BCUT2D eigenvalue weighted by Crippen LogP contribution is -2.14. The Hall–Kier alpha value is -1.20. The predicted molar refractivity (Wildman–Crippen MR) is 58.0 cm³/mol. The number of fused-ring (bicyclic) bond motifs is 1. The molecule has 0 unspecified atom stereocenters. The van der Waals surface area contributed by atoms with E-state index in [1.807, 2.05) is 6.07 Å². The highest BCUT2D eigenvalue weighted by atomic mass is 79.9. The molecule has 1 aromatic carbocycles. The summed E-state index contributed by atoms with van der Waals surface area (Å²) in [5.41, 5.74) is 5.91. The van der Waals surface area contributed by atoms with E-state index in [1.54, 1.807) is 12.1 Å². The maximum atomic E-state index is 11.5. The standard InChI is InChI=1S/C9H8BrN3O/c10-5-1-2-7-6(3-5)9(14)13-8(4-11)12-7/h1-3H,4,11H2,(H,12,13,14). The predicted octanol–water partition coefficient (Wildman–Crippen LogP) is 1.14. The van der Waals surface area contributed by atoms with Gasteiger partial charge in [0.2, 0.25) is 0 Å². The van der Waals surface area contributed by atoms with Crippen LogP contribution in [0.1, 0.15) is 5.82 Å². The highest BCUT2D eigenvalue weighted by Crippen LogP contribution is 2.14. The number of hydrogen-bond donors (Lipinski definition) is 2. The van der Waals surface area contributed by atoms with Gasteiger partial charge in [-0.05, 0) is 18.2 Å². The fourth-order valence-corrected chi connectivity index (χ4v) is 1.62. The summed E-state index contributed by atoms with van der Waals surface area (Å²) in [6.07, 6.45) is 0. The number of nitrogens with two attached hydrogens (primary N) is 1. The molecule has 0 atom stereocenters. The van der Waals surface area contributed by atoms with Crippen molar-refractivity contribution < 1.29 is 0 Å². The average molecular weight is 254 g/mol. The van der Waals surface area contributed by atoms with Crippen molar-refractivity contribution in [3.63, 3.8) is 0 Å². The van der Waals surface area contributed by atoms with Crippen molar-refractivity contribution in [1.82, 2.24) is 9.97 Å². The molecule has 1 aromatic heterocycles. The third kappa shape index (κ3) is 1.56. The van der Waals surface area contributed by atoms with E-state index in [1.165, 1.54) is 0 Å². The topological polar surface area (TPSA) is 71.8 Å². The Bertz CT molecular complexity index is 535. The van der Waals surface area contributed by atoms with E-state index in [4.69, 9.17) is 5.73 Å². The van der Waals surface area contributed by atoms with Gasteiger partial charge in [-0.15, -0.1) is 0 Å². The molecule has 0 fully saturated rings. The zero-order valence-corrected chi connectivity index (χ0v) is 8.84. The number of benzene rings is 1. The quantitative estimate of drug-likeness (QED) is 0.801. The summed E-state index contributed by atoms with van der Waals surface area (Å²) in [5.74, 6) is 0.504. The van der Waals surface area contributed by atoms with Crippen molar-refractivity contribution in [3.05, 3.63) is 38.9 Å². The summed E-state index contributed by atoms with van der Waals surface area (Å²) in [6.45, 7) is 0.237. The maximum absolute atomic E-state index is 11.5. The molecular weight excluding hydrogens is 246 g/mol. The molecule has 0 saturated heterocycles. The second kappa shape index (κ2) is 3.51. The lowest BCUT2D eigenvalue weighted by molar-refractivity contribution is 0.913. The lowest BCUT2D eigenvalue weighted by Gasteiger charge is -2.00. The number of H-pyrrole nitrogens is 1. The first-order valence-electron chi connectivity index (χ1n) is 4.09. The van der Waals surface area contributed by atoms with Gasteiger partial charge in [-0.3, -0.25) is 4.79 Å². The van der Waals surface area contributed by atoms with E-state index in [0.29, 0.717) is 16.7 Å². The van der Waals surface area contributed by atoms with Crippen LogP contribution in [0.5, 0.6) is 0 Å². The number of rotatable bonds is 1. The van der Waals surface area contributed by atoms with Crippen LogP contribution in [0.15, 0.2) is 27.5 Å². The Balaban J connectivity index is 2.83. The van der Waals surface area contributed by atoms with E-state index < -0.39 is 0 Å². The molecule has 4 nitrogen and oxygen atoms in total. The number of nitrogens with zero attached hydrogens (tertiary/aromatic N) is 1. The largest absolute Gasteiger partial charge is 0.324 e. The lowest BCUT2D eigenvalue weighted by atomic mass is 10.2. The van der Waals surface area contributed by atoms with Crippen LogP contribution in [0.3, 0.4) is 0 Å². The monoisotopic (exact) mass is 253 g/mol. The first kappa shape index (κ1) is 9.36. The molecule has 0 bridgehead atoms. The highest BCUT2D eigenvalue weighted by molar-refractivity contribution is 9.10. The number of nitrogens with one attached hydrogen (secondary N) is 1. The summed E-state index contributed by atoms with van der Waals surface area (Å²) in [6, 6.07) is 5.37. The van der Waals surface area contributed by atoms with Gasteiger partial charge in [0.1, 0.15) is 5.82 Å². The molecule has 0 saturated carbocycles. The Kier molecular flexibility index (Phi) is 2.35. The molecule has 2 aromatic rings. The third-order valence-corrected chi connectivity index (χ3v) is 2.40. The van der Waals surface area contributed by atoms with E-state index in [0.717, 1.165) is 4.47 Å². The maximum Gasteiger partial charge on any atom is 0.258 e. The normalized spacial score (nSPS) is 10.7. The number of aromatic nitrogens is 2. The van der Waals surface area contributed by atoms with Crippen LogP contribution in [0, 0.1) is 0 Å². The van der Waals surface area contributed by atoms with Crippen molar-refractivity contribution in [1.29, 1.82) is 0 Å². The Morgan fingerprint density at radius 2 is 2.29 bits per heavy atom. The zero-order valence-electron chi connectivity index (χ0n) is 7.25. The molecule has 0 amide bonds. The second-order valence-corrected chi connectivity index (χ2v) is 3.79. The van der Waals surface area contributed by atoms with Crippen LogP contribution >= 0.6 is 15.9 Å². The summed E-state index contributed by atoms with van der Waals surface area (Å²) >= 11 is 3.30. The van der Waals surface area contributed by atoms with Crippen molar-refractivity contribution in [3.8, 4) is 0 Å². The Labute approximate surface area is 88.3 Å². The first-order chi connectivity index (χ1) is 6.70. The van der Waals surface area contributed by atoms with Crippen LogP contribution < -0.4 is 11.3 Å². The van der Waals surface area contributed by atoms with E-state index in [2.05, 4.69) is 25.9 Å². The molecule has 14 heavy (non-hydrogen) atoms. The molecule has 5 heteroatoms. The SMILES string of the molecule is NCc1nc2ccc(Br)cc2c(=O)[nH]1. The summed E-state index contributed by atoms with van der Waals surface area (Å²) in [7, 11) is 0. The summed E-state index contributed by atoms with van der Waals surface area (Å²) in [5, 5.41) is 0.566. The van der Waals surface area contributed by atoms with Crippen LogP contribution in [-0.4, -0.2) is 9.97 Å². The highest BCUT2D eigenvalue weighted by Gasteiger charge is 2.02. The summed E-state index contributed by atoms with van der Waals surface area (Å²) < 4.78 is 0.859. The fourth-order valence-electron chi connectivity index (χ4n) is 1.26. The van der Waals surface area contributed by atoms with Gasteiger partial charge in [0.25, 0.3) is 5.56 Å². The number of halogens is 1. The van der Waals surface area contributed by atoms with E-state index >= 15 is 0 Å². The molecule has 72 valence electrons. The van der Waals surface area contributed by atoms with Crippen molar-refractivity contribution in [2.24, 2.45) is 5.73 Å². The van der Waals surface area contributed by atoms with E-state index in [9.17, 15) is 4.79 Å². The summed E-state index contributed by atoms with van der Waals surface area (Å²) in [4.78, 5) is 18.3. The molecule has 1 heterocycles. The average Bonchev–Trinajstić information content (AvgIpc) is 2.19. The van der Waals surface area contributed by atoms with Gasteiger partial charge in [-0.1, -0.05) is 15.9 Å². The van der Waals surface area contributed by atoms with Crippen LogP contribution in [-0.2, 0) is 6.54 Å². The van der Waals surface area contributed by atoms with Crippen molar-refractivity contribution in [2.45, 2.75) is 6.54 Å². The second-order valence-electron chi connectivity index (χ2n) is 2.88. The van der Waals surface area contributed by atoms with Gasteiger partial charge in [0, 0.05) is 4.47 Å². The molecule has 0 radical (unpaired) electrons. The minimum Gasteiger partial charge on any atom is -0.324 e. The fraction of sp³-hybridized carbons (Fsp3) is 0.111. The third-order valence-electron chi connectivity index (χ3n) is 1.91. The Morgan fingerprint density at radius 3 is 3.00 bits per heavy atom. The molecular formula is C9H8BrN3O. The van der Waals surface area contributed by atoms with Crippen LogP contribution in [0.4, 0.5) is 0 Å². The van der Waals surface area contributed by atoms with Crippen molar-refractivity contribution in [2.75, 3.05) is 0 Å². The van der Waals surface area contributed by atoms with Gasteiger partial charge in [-0.25, -0.2) is 4.98 Å². The Morgan fingerprint density at radius 1 is 1.50 bits per heavy atom. The van der Waals surface area contributed by atoms with Gasteiger partial charge in [-0.2, -0.15) is 0 Å². The van der Waals surface area contributed by atoms with Gasteiger partial charge >= 0.3 is 0 Å². The van der Waals surface area contributed by atoms with E-state index in [-0.39, 0.29) is 12.1 Å². The molecule has 2 rings (SSSR count). The number of aromatic amines is 1. The minimum absolute atomic E-state index is 0.156. The van der Waals surface area contributed by atoms with Gasteiger partial charge in [0.05, 0.1) is 17.4 Å². The molecule has 0 aliphatic carbocycles. The zero-order chi connectivity index (χ0) is 10.1. The van der Waals surface area contributed by atoms with Gasteiger partial charge < -0.3 is 10.7 Å². The smallest absolute Gasteiger partial charge is 0.258 e. The first-order valence-corrected chi connectivity index (χ1v) is 4.88. The molecule has 3 N–H and O–H groups in total. The molecule has 0 aliphatic heterocycles. The number of hydrogen-bond acceptors (Lipinski definition) is 3. The molecule has 0 aliphatic rings. The van der Waals surface area contributed by atoms with Gasteiger partial charge in [0.15, 0.2) is 0 Å². The van der Waals surface area contributed by atoms with Crippen molar-refractivity contribution >= 4 is 26.8 Å². The van der Waals surface area contributed by atoms with Crippen LogP contribution in [0.25, 0.3) is 10.9 Å². The molecule has 0 spiro atoms.